The average Bonchev–Trinajstić information content (AvgIpc) is 1.36. The number of hydrogen-bond acceptors (Lipinski definition) is 2. The zero-order valence-corrected chi connectivity index (χ0v) is 4.47. The Morgan fingerprint density at radius 3 is 1.67 bits per heavy atom. The highest BCUT2D eigenvalue weighted by Crippen LogP contribution is 1.79. The zero-order chi connectivity index (χ0) is 5.15. The fourth-order valence-corrected chi connectivity index (χ4v) is 0. The van der Waals surface area contributed by atoms with Crippen molar-refractivity contribution in [2.75, 3.05) is 14.1 Å². The van der Waals surface area contributed by atoms with E-state index in [1.54, 1.807) is 11.8 Å². The van der Waals surface area contributed by atoms with Gasteiger partial charge in [0.1, 0.15) is 6.23 Å². The van der Waals surface area contributed by atoms with Crippen molar-refractivity contribution >= 4 is 0 Å². The molecule has 0 unspecified atom stereocenters. The van der Waals surface area contributed by atoms with Crippen LogP contribution in [0.3, 0.4) is 0 Å². The Hall–Kier alpha value is -0.0800. The largest absolute Gasteiger partial charge is 0.379 e. The van der Waals surface area contributed by atoms with Crippen LogP contribution in [0.4, 0.5) is 0 Å². The summed E-state index contributed by atoms with van der Waals surface area (Å²) in [4.78, 5) is 1.72. The van der Waals surface area contributed by atoms with E-state index < -0.39 is 0 Å². The van der Waals surface area contributed by atoms with Crippen LogP contribution in [0.25, 0.3) is 0 Å². The topological polar surface area (TPSA) is 23.5 Å². The van der Waals surface area contributed by atoms with Gasteiger partial charge in [-0.1, -0.05) is 0 Å². The van der Waals surface area contributed by atoms with E-state index in [1.165, 1.54) is 0 Å². The van der Waals surface area contributed by atoms with Crippen molar-refractivity contribution in [2.24, 2.45) is 0 Å². The Kier molecular flexibility index (Phi) is 2.13. The lowest BCUT2D eigenvalue weighted by molar-refractivity contribution is 0.0578. The van der Waals surface area contributed by atoms with Gasteiger partial charge < -0.3 is 5.11 Å². The van der Waals surface area contributed by atoms with Crippen molar-refractivity contribution in [2.45, 2.75) is 13.2 Å². The lowest BCUT2D eigenvalue weighted by Crippen LogP contribution is -2.23. The third-order valence-electron chi connectivity index (χ3n) is 0.747. The molecule has 0 aliphatic heterocycles. The smallest absolute Gasteiger partial charge is 0.104 e. The molecule has 0 amide bonds. The van der Waals surface area contributed by atoms with Gasteiger partial charge in [-0.2, -0.15) is 0 Å². The van der Waals surface area contributed by atoms with Crippen molar-refractivity contribution in [3.05, 3.63) is 0 Å². The summed E-state index contributed by atoms with van der Waals surface area (Å²) in [6, 6.07) is 0. The number of aliphatic hydroxyl groups excluding tert-OH is 1. The maximum atomic E-state index is 8.56. The molecular weight excluding hydrogens is 78.0 g/mol. The van der Waals surface area contributed by atoms with Gasteiger partial charge in [0, 0.05) is 0 Å². The molecule has 0 aromatic rings. The van der Waals surface area contributed by atoms with E-state index in [0.717, 1.165) is 0 Å². The molecule has 0 aromatic heterocycles. The minimum absolute atomic E-state index is 0.315. The second-order valence-electron chi connectivity index (χ2n) is 1.60. The van der Waals surface area contributed by atoms with Crippen molar-refractivity contribution in [3.8, 4) is 0 Å². The van der Waals surface area contributed by atoms with E-state index in [0.29, 0.717) is 0 Å². The molecule has 0 aliphatic rings. The molecule has 0 aromatic carbocycles. The summed E-state index contributed by atoms with van der Waals surface area (Å²) in [5.41, 5.74) is 0. The molecule has 0 radical (unpaired) electrons. The van der Waals surface area contributed by atoms with Crippen LogP contribution in [0.2, 0.25) is 0 Å². The quantitative estimate of drug-likeness (QED) is 0.453. The third-order valence-corrected chi connectivity index (χ3v) is 0.747. The molecule has 0 saturated carbocycles. The van der Waals surface area contributed by atoms with E-state index in [-0.39, 0.29) is 6.23 Å². The predicted octanol–water partition coefficient (Wildman–Crippen LogP) is -0.114. The summed E-state index contributed by atoms with van der Waals surface area (Å²) in [5.74, 6) is 0. The van der Waals surface area contributed by atoms with Gasteiger partial charge in [-0.15, -0.1) is 0 Å². The van der Waals surface area contributed by atoms with Crippen LogP contribution in [-0.4, -0.2) is 30.3 Å². The molecule has 6 heavy (non-hydrogen) atoms. The minimum atomic E-state index is -0.315. The first-order valence-corrected chi connectivity index (χ1v) is 1.99. The lowest BCUT2D eigenvalue weighted by Gasteiger charge is -2.11. The van der Waals surface area contributed by atoms with Gasteiger partial charge >= 0.3 is 0 Å². The first-order chi connectivity index (χ1) is 2.64. The van der Waals surface area contributed by atoms with Crippen molar-refractivity contribution in [1.29, 1.82) is 0 Å². The van der Waals surface area contributed by atoms with Crippen molar-refractivity contribution in [1.82, 2.24) is 4.90 Å². The van der Waals surface area contributed by atoms with E-state index in [2.05, 4.69) is 0 Å². The highest BCUT2D eigenvalue weighted by Gasteiger charge is 1.92. The Bertz CT molecular complexity index is 28.5. The van der Waals surface area contributed by atoms with Gasteiger partial charge in [0.2, 0.25) is 0 Å². The van der Waals surface area contributed by atoms with Crippen LogP contribution in [0.5, 0.6) is 0 Å². The van der Waals surface area contributed by atoms with E-state index >= 15 is 0 Å². The van der Waals surface area contributed by atoms with Crippen LogP contribution in [0.1, 0.15) is 6.92 Å². The van der Waals surface area contributed by atoms with Gasteiger partial charge in [0.15, 0.2) is 0 Å². The fourth-order valence-electron chi connectivity index (χ4n) is 0. The average molecular weight is 89.1 g/mol. The van der Waals surface area contributed by atoms with Crippen LogP contribution >= 0.6 is 0 Å². The molecule has 0 rings (SSSR count). The van der Waals surface area contributed by atoms with Crippen LogP contribution in [0, 0.1) is 0 Å². The van der Waals surface area contributed by atoms with Crippen LogP contribution in [-0.2, 0) is 0 Å². The Morgan fingerprint density at radius 2 is 1.67 bits per heavy atom. The molecule has 38 valence electrons. The summed E-state index contributed by atoms with van der Waals surface area (Å²) in [6.45, 7) is 1.72. The van der Waals surface area contributed by atoms with Crippen molar-refractivity contribution < 1.29 is 5.11 Å². The van der Waals surface area contributed by atoms with Crippen LogP contribution < -0.4 is 0 Å². The Balaban J connectivity index is 2.99. The molecule has 0 bridgehead atoms. The standard InChI is InChI=1S/C4H11NO/c1-4(6)5(2)3/h4,6H,1-3H3/t4-/m1/s1. The first-order valence-electron chi connectivity index (χ1n) is 1.99. The molecule has 2 heteroatoms. The van der Waals surface area contributed by atoms with Gasteiger partial charge in [-0.25, -0.2) is 0 Å². The molecule has 0 spiro atoms. The van der Waals surface area contributed by atoms with Crippen LogP contribution in [0.15, 0.2) is 0 Å². The maximum absolute atomic E-state index is 8.56. The molecule has 2 nitrogen and oxygen atoms in total. The summed E-state index contributed by atoms with van der Waals surface area (Å²) in [6.07, 6.45) is -0.315. The van der Waals surface area contributed by atoms with E-state index in [4.69, 9.17) is 5.11 Å². The summed E-state index contributed by atoms with van der Waals surface area (Å²) >= 11 is 0. The SMILES string of the molecule is C[C@@H](O)N(C)C. The normalized spacial score (nSPS) is 15.5. The maximum Gasteiger partial charge on any atom is 0.104 e. The number of nitrogens with zero attached hydrogens (tertiary/aromatic N) is 1. The molecule has 0 aliphatic carbocycles. The number of rotatable bonds is 1. The van der Waals surface area contributed by atoms with Gasteiger partial charge in [0.25, 0.3) is 0 Å². The first kappa shape index (κ1) is 5.92. The van der Waals surface area contributed by atoms with E-state index in [9.17, 15) is 0 Å². The zero-order valence-electron chi connectivity index (χ0n) is 4.47. The highest BCUT2D eigenvalue weighted by atomic mass is 16.3. The molecular formula is C4H11NO. The van der Waals surface area contributed by atoms with Gasteiger partial charge in [-0.3, -0.25) is 4.90 Å². The molecule has 0 fully saturated rings. The Labute approximate surface area is 38.4 Å². The summed E-state index contributed by atoms with van der Waals surface area (Å²) in [5, 5.41) is 8.56. The minimum Gasteiger partial charge on any atom is -0.379 e. The lowest BCUT2D eigenvalue weighted by atomic mass is 10.6. The number of hydrogen-bond donors (Lipinski definition) is 1. The third kappa shape index (κ3) is 2.18. The highest BCUT2D eigenvalue weighted by molar-refractivity contribution is 4.35. The van der Waals surface area contributed by atoms with Crippen molar-refractivity contribution in [3.63, 3.8) is 0 Å². The molecule has 0 saturated heterocycles. The van der Waals surface area contributed by atoms with Gasteiger partial charge in [0.05, 0.1) is 0 Å². The second-order valence-corrected chi connectivity index (χ2v) is 1.60. The predicted molar refractivity (Wildman–Crippen MR) is 25.4 cm³/mol. The summed E-state index contributed by atoms with van der Waals surface area (Å²) < 4.78 is 0. The summed E-state index contributed by atoms with van der Waals surface area (Å²) in [7, 11) is 3.65. The molecule has 1 atom stereocenters. The molecule has 0 heterocycles. The van der Waals surface area contributed by atoms with E-state index in [1.807, 2.05) is 14.1 Å². The monoisotopic (exact) mass is 89.1 g/mol. The van der Waals surface area contributed by atoms with Gasteiger partial charge in [-0.05, 0) is 21.0 Å². The molecule has 1 N–H and O–H groups in total. The second kappa shape index (κ2) is 2.16. The fraction of sp³-hybridized carbons (Fsp3) is 1.00. The number of aliphatic hydroxyl groups is 1. The Morgan fingerprint density at radius 1 is 1.50 bits per heavy atom.